The van der Waals surface area contributed by atoms with Gasteiger partial charge in [-0.1, -0.05) is 37.3 Å². The van der Waals surface area contributed by atoms with Gasteiger partial charge in [0, 0.05) is 18.3 Å². The summed E-state index contributed by atoms with van der Waals surface area (Å²) in [5.41, 5.74) is 7.52. The maximum absolute atomic E-state index is 9.44. The Morgan fingerprint density at radius 2 is 1.71 bits per heavy atom. The minimum Gasteiger partial charge on any atom is -0.261 e. The number of rotatable bonds is 4. The van der Waals surface area contributed by atoms with E-state index in [1.165, 1.54) is 16.7 Å². The van der Waals surface area contributed by atoms with Gasteiger partial charge in [-0.05, 0) is 65.4 Å². The highest BCUT2D eigenvalue weighted by Gasteiger charge is 2.08. The lowest BCUT2D eigenvalue weighted by molar-refractivity contribution is 1.06. The van der Waals surface area contributed by atoms with Crippen LogP contribution in [0.4, 0.5) is 0 Å². The summed E-state index contributed by atoms with van der Waals surface area (Å²) in [6, 6.07) is 20.9. The Labute approximate surface area is 143 Å². The van der Waals surface area contributed by atoms with E-state index in [4.69, 9.17) is 0 Å². The lowest BCUT2D eigenvalue weighted by atomic mass is 9.95. The molecule has 1 aromatic heterocycles. The molecule has 0 unspecified atom stereocenters. The van der Waals surface area contributed by atoms with Crippen LogP contribution in [0, 0.1) is 18.3 Å². The summed E-state index contributed by atoms with van der Waals surface area (Å²) < 4.78 is 0. The van der Waals surface area contributed by atoms with Gasteiger partial charge in [0.2, 0.25) is 0 Å². The second-order valence-corrected chi connectivity index (χ2v) is 6.04. The van der Waals surface area contributed by atoms with Gasteiger partial charge >= 0.3 is 0 Å². The SMILES string of the molecule is CCc1ccc(-c2cc(Cc3cc(C)ccn3)ccc2C#N)cc1. The molecule has 118 valence electrons. The van der Waals surface area contributed by atoms with Gasteiger partial charge in [0.15, 0.2) is 0 Å². The maximum atomic E-state index is 9.44. The molecule has 3 aromatic rings. The number of hydrogen-bond donors (Lipinski definition) is 0. The Kier molecular flexibility index (Phi) is 4.72. The molecule has 0 radical (unpaired) electrons. The summed E-state index contributed by atoms with van der Waals surface area (Å²) in [5.74, 6) is 0. The Morgan fingerprint density at radius 3 is 2.38 bits per heavy atom. The Bertz CT molecular complexity index is 887. The number of nitrogens with zero attached hydrogens (tertiary/aromatic N) is 2. The molecule has 0 saturated heterocycles. The quantitative estimate of drug-likeness (QED) is 0.673. The van der Waals surface area contributed by atoms with Gasteiger partial charge in [-0.25, -0.2) is 0 Å². The second kappa shape index (κ2) is 7.10. The number of benzene rings is 2. The number of aryl methyl sites for hydroxylation is 2. The van der Waals surface area contributed by atoms with Crippen LogP contribution in [0.25, 0.3) is 11.1 Å². The smallest absolute Gasteiger partial charge is 0.0998 e. The van der Waals surface area contributed by atoms with Crippen molar-refractivity contribution in [2.75, 3.05) is 0 Å². The monoisotopic (exact) mass is 312 g/mol. The summed E-state index contributed by atoms with van der Waals surface area (Å²) in [5, 5.41) is 9.44. The van der Waals surface area contributed by atoms with Crippen molar-refractivity contribution in [3.05, 3.63) is 88.7 Å². The number of nitriles is 1. The van der Waals surface area contributed by atoms with Gasteiger partial charge in [0.1, 0.15) is 0 Å². The zero-order chi connectivity index (χ0) is 16.9. The van der Waals surface area contributed by atoms with E-state index in [0.29, 0.717) is 5.56 Å². The van der Waals surface area contributed by atoms with E-state index in [-0.39, 0.29) is 0 Å². The number of hydrogen-bond acceptors (Lipinski definition) is 2. The molecule has 0 N–H and O–H groups in total. The van der Waals surface area contributed by atoms with Crippen LogP contribution in [-0.2, 0) is 12.8 Å². The number of pyridine rings is 1. The molecule has 24 heavy (non-hydrogen) atoms. The first kappa shape index (κ1) is 16.0. The maximum Gasteiger partial charge on any atom is 0.0998 e. The normalized spacial score (nSPS) is 10.4. The van der Waals surface area contributed by atoms with Crippen LogP contribution >= 0.6 is 0 Å². The van der Waals surface area contributed by atoms with Crippen molar-refractivity contribution in [3.8, 4) is 17.2 Å². The van der Waals surface area contributed by atoms with Crippen LogP contribution in [0.5, 0.6) is 0 Å². The summed E-state index contributed by atoms with van der Waals surface area (Å²) >= 11 is 0. The molecule has 2 nitrogen and oxygen atoms in total. The Morgan fingerprint density at radius 1 is 0.958 bits per heavy atom. The fourth-order valence-electron chi connectivity index (χ4n) is 2.86. The van der Waals surface area contributed by atoms with E-state index in [0.717, 1.165) is 29.7 Å². The Hall–Kier alpha value is -2.92. The van der Waals surface area contributed by atoms with E-state index in [1.807, 2.05) is 24.4 Å². The van der Waals surface area contributed by atoms with Gasteiger partial charge in [-0.15, -0.1) is 0 Å². The Balaban J connectivity index is 1.97. The lowest BCUT2D eigenvalue weighted by Crippen LogP contribution is -1.95. The predicted octanol–water partition coefficient (Wildman–Crippen LogP) is 5.08. The van der Waals surface area contributed by atoms with Crippen molar-refractivity contribution in [1.29, 1.82) is 5.26 Å². The fourth-order valence-corrected chi connectivity index (χ4v) is 2.86. The third kappa shape index (κ3) is 3.52. The van der Waals surface area contributed by atoms with Crippen molar-refractivity contribution in [2.24, 2.45) is 0 Å². The van der Waals surface area contributed by atoms with E-state index in [2.05, 4.69) is 61.3 Å². The third-order valence-electron chi connectivity index (χ3n) is 4.23. The van der Waals surface area contributed by atoms with E-state index in [9.17, 15) is 5.26 Å². The first-order valence-corrected chi connectivity index (χ1v) is 8.23. The molecule has 0 aliphatic heterocycles. The molecular weight excluding hydrogens is 292 g/mol. The zero-order valence-corrected chi connectivity index (χ0v) is 14.1. The molecule has 1 heterocycles. The molecule has 3 rings (SSSR count). The van der Waals surface area contributed by atoms with Crippen LogP contribution in [0.1, 0.15) is 34.9 Å². The van der Waals surface area contributed by atoms with E-state index >= 15 is 0 Å². The van der Waals surface area contributed by atoms with Gasteiger partial charge in [0.05, 0.1) is 11.6 Å². The second-order valence-electron chi connectivity index (χ2n) is 6.04. The van der Waals surface area contributed by atoms with Gasteiger partial charge in [-0.3, -0.25) is 4.98 Å². The highest BCUT2D eigenvalue weighted by Crippen LogP contribution is 2.26. The summed E-state index contributed by atoms with van der Waals surface area (Å²) in [7, 11) is 0. The van der Waals surface area contributed by atoms with Crippen LogP contribution in [0.2, 0.25) is 0 Å². The summed E-state index contributed by atoms with van der Waals surface area (Å²) in [4.78, 5) is 4.44. The first-order valence-electron chi connectivity index (χ1n) is 8.23. The molecule has 0 spiro atoms. The van der Waals surface area contributed by atoms with Crippen molar-refractivity contribution in [3.63, 3.8) is 0 Å². The van der Waals surface area contributed by atoms with E-state index < -0.39 is 0 Å². The molecule has 0 fully saturated rings. The highest BCUT2D eigenvalue weighted by molar-refractivity contribution is 5.71. The first-order chi connectivity index (χ1) is 11.7. The predicted molar refractivity (Wildman–Crippen MR) is 97.8 cm³/mol. The van der Waals surface area contributed by atoms with Crippen molar-refractivity contribution >= 4 is 0 Å². The average Bonchev–Trinajstić information content (AvgIpc) is 2.62. The highest BCUT2D eigenvalue weighted by atomic mass is 14.7. The summed E-state index contributed by atoms with van der Waals surface area (Å²) in [6.07, 6.45) is 3.64. The molecule has 0 saturated carbocycles. The molecular formula is C22H20N2. The molecule has 0 atom stereocenters. The lowest BCUT2D eigenvalue weighted by Gasteiger charge is -2.09. The minimum atomic E-state index is 0.709. The molecule has 0 aliphatic carbocycles. The minimum absolute atomic E-state index is 0.709. The van der Waals surface area contributed by atoms with Crippen molar-refractivity contribution in [1.82, 2.24) is 4.98 Å². The van der Waals surface area contributed by atoms with Crippen LogP contribution in [0.3, 0.4) is 0 Å². The van der Waals surface area contributed by atoms with Crippen LogP contribution in [0.15, 0.2) is 60.8 Å². The van der Waals surface area contributed by atoms with Crippen molar-refractivity contribution < 1.29 is 0 Å². The van der Waals surface area contributed by atoms with Crippen LogP contribution < -0.4 is 0 Å². The zero-order valence-electron chi connectivity index (χ0n) is 14.1. The third-order valence-corrected chi connectivity index (χ3v) is 4.23. The average molecular weight is 312 g/mol. The van der Waals surface area contributed by atoms with Crippen LogP contribution in [-0.4, -0.2) is 4.98 Å². The molecule has 0 amide bonds. The molecule has 2 aromatic carbocycles. The molecule has 0 bridgehead atoms. The van der Waals surface area contributed by atoms with Gasteiger partial charge in [-0.2, -0.15) is 5.26 Å². The van der Waals surface area contributed by atoms with E-state index in [1.54, 1.807) is 0 Å². The standard InChI is InChI=1S/C22H20N2/c1-3-17-4-7-19(8-5-17)22-14-18(6-9-20(22)15-23)13-21-12-16(2)10-11-24-21/h4-12,14H,3,13H2,1-2H3. The van der Waals surface area contributed by atoms with Gasteiger partial charge in [0.25, 0.3) is 0 Å². The summed E-state index contributed by atoms with van der Waals surface area (Å²) in [6.45, 7) is 4.22. The number of aromatic nitrogens is 1. The fraction of sp³-hybridized carbons (Fsp3) is 0.182. The van der Waals surface area contributed by atoms with Crippen molar-refractivity contribution in [2.45, 2.75) is 26.7 Å². The molecule has 0 aliphatic rings. The molecule has 2 heteroatoms. The van der Waals surface area contributed by atoms with Gasteiger partial charge < -0.3 is 0 Å². The largest absolute Gasteiger partial charge is 0.261 e. The topological polar surface area (TPSA) is 36.7 Å².